The number of hydrogen-bond donors (Lipinski definition) is 1. The van der Waals surface area contributed by atoms with Crippen LogP contribution in [0.5, 0.6) is 5.75 Å². The number of rotatable bonds is 4. The molecule has 106 valence electrons. The molecule has 0 bridgehead atoms. The lowest BCUT2D eigenvalue weighted by molar-refractivity contribution is -0.274. The Labute approximate surface area is 111 Å². The van der Waals surface area contributed by atoms with E-state index in [0.29, 0.717) is 12.6 Å². The van der Waals surface area contributed by atoms with E-state index in [9.17, 15) is 13.2 Å². The van der Waals surface area contributed by atoms with Crippen molar-refractivity contribution in [2.24, 2.45) is 5.92 Å². The number of alkyl halides is 3. The summed E-state index contributed by atoms with van der Waals surface area (Å²) in [4.78, 5) is 0. The minimum Gasteiger partial charge on any atom is -0.406 e. The molecule has 1 aromatic carbocycles. The van der Waals surface area contributed by atoms with Crippen LogP contribution in [0.4, 0.5) is 13.2 Å². The third kappa shape index (κ3) is 4.74. The van der Waals surface area contributed by atoms with Crippen molar-refractivity contribution < 1.29 is 17.9 Å². The Balaban J connectivity index is 1.88. The fourth-order valence-electron chi connectivity index (χ4n) is 2.51. The first-order valence-electron chi connectivity index (χ1n) is 6.50. The van der Waals surface area contributed by atoms with Crippen LogP contribution in [0, 0.1) is 5.92 Å². The van der Waals surface area contributed by atoms with Crippen LogP contribution >= 0.6 is 0 Å². The monoisotopic (exact) mass is 273 g/mol. The van der Waals surface area contributed by atoms with Crippen LogP contribution in [0.25, 0.3) is 0 Å². The average Bonchev–Trinajstić information content (AvgIpc) is 2.71. The van der Waals surface area contributed by atoms with Gasteiger partial charge in [0.2, 0.25) is 0 Å². The molecule has 0 heterocycles. The van der Waals surface area contributed by atoms with Crippen molar-refractivity contribution in [3.8, 4) is 5.75 Å². The maximum absolute atomic E-state index is 12.1. The van der Waals surface area contributed by atoms with E-state index in [0.717, 1.165) is 24.3 Å². The lowest BCUT2D eigenvalue weighted by Gasteiger charge is -2.13. The minimum absolute atomic E-state index is 0.161. The highest BCUT2D eigenvalue weighted by molar-refractivity contribution is 5.28. The first-order chi connectivity index (χ1) is 8.92. The number of nitrogens with one attached hydrogen (secondary N) is 1. The molecule has 1 saturated carbocycles. The fraction of sp³-hybridized carbons (Fsp3) is 0.571. The summed E-state index contributed by atoms with van der Waals surface area (Å²) in [7, 11) is 0. The van der Waals surface area contributed by atoms with E-state index in [1.807, 2.05) is 0 Å². The predicted molar refractivity (Wildman–Crippen MR) is 66.8 cm³/mol. The van der Waals surface area contributed by atoms with E-state index < -0.39 is 6.36 Å². The molecular formula is C14H18F3NO. The molecule has 0 radical (unpaired) electrons. The second kappa shape index (κ2) is 5.82. The predicted octanol–water partition coefficient (Wildman–Crippen LogP) is 3.86. The van der Waals surface area contributed by atoms with Gasteiger partial charge in [-0.05, 0) is 42.9 Å². The molecule has 2 rings (SSSR count). The molecule has 1 aliphatic rings. The molecule has 0 aliphatic heterocycles. The normalized spacial score (nSPS) is 23.6. The van der Waals surface area contributed by atoms with Gasteiger partial charge in [0.05, 0.1) is 0 Å². The van der Waals surface area contributed by atoms with E-state index >= 15 is 0 Å². The van der Waals surface area contributed by atoms with Gasteiger partial charge < -0.3 is 10.1 Å². The van der Waals surface area contributed by atoms with Crippen molar-refractivity contribution in [2.45, 2.75) is 45.1 Å². The van der Waals surface area contributed by atoms with Gasteiger partial charge in [-0.15, -0.1) is 13.2 Å². The van der Waals surface area contributed by atoms with Crippen LogP contribution in [-0.4, -0.2) is 12.4 Å². The molecular weight excluding hydrogens is 255 g/mol. The van der Waals surface area contributed by atoms with Crippen LogP contribution in [0.3, 0.4) is 0 Å². The molecule has 19 heavy (non-hydrogen) atoms. The maximum Gasteiger partial charge on any atom is 0.573 e. The van der Waals surface area contributed by atoms with Crippen molar-refractivity contribution in [2.75, 3.05) is 0 Å². The topological polar surface area (TPSA) is 21.3 Å². The van der Waals surface area contributed by atoms with Gasteiger partial charge in [-0.3, -0.25) is 0 Å². The van der Waals surface area contributed by atoms with Crippen molar-refractivity contribution in [1.29, 1.82) is 0 Å². The maximum atomic E-state index is 12.1. The molecule has 2 nitrogen and oxygen atoms in total. The first-order valence-corrected chi connectivity index (χ1v) is 6.50. The Morgan fingerprint density at radius 2 is 2.11 bits per heavy atom. The summed E-state index contributed by atoms with van der Waals surface area (Å²) < 4.78 is 40.2. The average molecular weight is 273 g/mol. The molecule has 2 atom stereocenters. The van der Waals surface area contributed by atoms with Gasteiger partial charge in [0.1, 0.15) is 5.75 Å². The SMILES string of the molecule is CC1CCC(NCc2cccc(OC(F)(F)F)c2)C1. The second-order valence-corrected chi connectivity index (χ2v) is 5.19. The van der Waals surface area contributed by atoms with Gasteiger partial charge in [0.15, 0.2) is 0 Å². The van der Waals surface area contributed by atoms with Crippen LogP contribution in [0.2, 0.25) is 0 Å². The number of halogens is 3. The van der Waals surface area contributed by atoms with Gasteiger partial charge in [0, 0.05) is 12.6 Å². The van der Waals surface area contributed by atoms with Crippen LogP contribution in [-0.2, 0) is 6.54 Å². The zero-order valence-corrected chi connectivity index (χ0v) is 10.8. The summed E-state index contributed by atoms with van der Waals surface area (Å²) in [5, 5.41) is 3.38. The standard InChI is InChI=1S/C14H18F3NO/c1-10-5-6-12(7-10)18-9-11-3-2-4-13(8-11)19-14(15,16)17/h2-4,8,10,12,18H,5-7,9H2,1H3. The largest absolute Gasteiger partial charge is 0.573 e. The fourth-order valence-corrected chi connectivity index (χ4v) is 2.51. The van der Waals surface area contributed by atoms with E-state index in [1.54, 1.807) is 12.1 Å². The Morgan fingerprint density at radius 3 is 2.74 bits per heavy atom. The zero-order chi connectivity index (χ0) is 13.9. The van der Waals surface area contributed by atoms with Gasteiger partial charge >= 0.3 is 6.36 Å². The highest BCUT2D eigenvalue weighted by Gasteiger charge is 2.31. The lowest BCUT2D eigenvalue weighted by atomic mass is 10.1. The zero-order valence-electron chi connectivity index (χ0n) is 10.8. The molecule has 0 spiro atoms. The van der Waals surface area contributed by atoms with E-state index in [2.05, 4.69) is 17.0 Å². The summed E-state index contributed by atoms with van der Waals surface area (Å²) in [6.45, 7) is 2.80. The van der Waals surface area contributed by atoms with Gasteiger partial charge in [-0.25, -0.2) is 0 Å². The third-order valence-corrected chi connectivity index (χ3v) is 3.42. The summed E-state index contributed by atoms with van der Waals surface area (Å²) in [6, 6.07) is 6.60. The number of hydrogen-bond acceptors (Lipinski definition) is 2. The van der Waals surface area contributed by atoms with E-state index in [-0.39, 0.29) is 5.75 Å². The molecule has 0 saturated heterocycles. The van der Waals surface area contributed by atoms with E-state index in [4.69, 9.17) is 0 Å². The highest BCUT2D eigenvalue weighted by atomic mass is 19.4. The van der Waals surface area contributed by atoms with Crippen molar-refractivity contribution in [3.05, 3.63) is 29.8 Å². The molecule has 1 aromatic rings. The van der Waals surface area contributed by atoms with Crippen LogP contribution in [0.15, 0.2) is 24.3 Å². The molecule has 0 aromatic heterocycles. The van der Waals surface area contributed by atoms with E-state index in [1.165, 1.54) is 18.6 Å². The Bertz CT molecular complexity index is 419. The summed E-state index contributed by atoms with van der Waals surface area (Å²) in [5.74, 6) is 0.573. The van der Waals surface area contributed by atoms with Crippen molar-refractivity contribution in [3.63, 3.8) is 0 Å². The van der Waals surface area contributed by atoms with Crippen LogP contribution in [0.1, 0.15) is 31.7 Å². The molecule has 0 amide bonds. The van der Waals surface area contributed by atoms with Crippen molar-refractivity contribution in [1.82, 2.24) is 5.32 Å². The van der Waals surface area contributed by atoms with Crippen molar-refractivity contribution >= 4 is 0 Å². The second-order valence-electron chi connectivity index (χ2n) is 5.19. The quantitative estimate of drug-likeness (QED) is 0.899. The summed E-state index contributed by atoms with van der Waals surface area (Å²) in [5.41, 5.74) is 0.807. The number of ether oxygens (including phenoxy) is 1. The minimum atomic E-state index is -4.63. The Morgan fingerprint density at radius 1 is 1.32 bits per heavy atom. The Hall–Kier alpha value is -1.23. The molecule has 2 unspecified atom stereocenters. The summed E-state index contributed by atoms with van der Waals surface area (Å²) >= 11 is 0. The van der Waals surface area contributed by atoms with Crippen LogP contribution < -0.4 is 10.1 Å². The first kappa shape index (κ1) is 14.2. The number of benzene rings is 1. The molecule has 1 N–H and O–H groups in total. The summed E-state index contributed by atoms with van der Waals surface area (Å²) in [6.07, 6.45) is -1.14. The van der Waals surface area contributed by atoms with Gasteiger partial charge in [0.25, 0.3) is 0 Å². The Kier molecular flexibility index (Phi) is 4.34. The molecule has 1 aliphatic carbocycles. The third-order valence-electron chi connectivity index (χ3n) is 3.42. The highest BCUT2D eigenvalue weighted by Crippen LogP contribution is 2.26. The molecule has 1 fully saturated rings. The smallest absolute Gasteiger partial charge is 0.406 e. The van der Waals surface area contributed by atoms with Gasteiger partial charge in [-0.2, -0.15) is 0 Å². The molecule has 5 heteroatoms. The lowest BCUT2D eigenvalue weighted by Crippen LogP contribution is -2.25. The van der Waals surface area contributed by atoms with Gasteiger partial charge in [-0.1, -0.05) is 19.1 Å².